The van der Waals surface area contributed by atoms with Crippen LogP contribution in [-0.4, -0.2) is 21.6 Å². The Labute approximate surface area is 131 Å². The average molecular weight is 317 g/mol. The Bertz CT molecular complexity index is 771. The van der Waals surface area contributed by atoms with Crippen molar-refractivity contribution in [3.63, 3.8) is 0 Å². The van der Waals surface area contributed by atoms with Crippen LogP contribution in [0.25, 0.3) is 0 Å². The second-order valence-corrected chi connectivity index (χ2v) is 7.39. The summed E-state index contributed by atoms with van der Waals surface area (Å²) in [4.78, 5) is 0. The van der Waals surface area contributed by atoms with Crippen LogP contribution in [0, 0.1) is 6.92 Å². The molecule has 1 N–H and O–H groups in total. The van der Waals surface area contributed by atoms with E-state index in [1.54, 1.807) is 0 Å². The van der Waals surface area contributed by atoms with E-state index in [1.165, 1.54) is 0 Å². The third-order valence-electron chi connectivity index (χ3n) is 3.96. The molecule has 1 atom stereocenters. The van der Waals surface area contributed by atoms with Crippen LogP contribution in [0.15, 0.2) is 48.5 Å². The number of rotatable bonds is 5. The van der Waals surface area contributed by atoms with E-state index in [4.69, 9.17) is 4.74 Å². The van der Waals surface area contributed by atoms with Gasteiger partial charge in [0.15, 0.2) is 0 Å². The molecule has 0 spiro atoms. The van der Waals surface area contributed by atoms with Gasteiger partial charge in [0.2, 0.25) is 10.0 Å². The molecule has 2 aromatic rings. The molecule has 0 aromatic heterocycles. The van der Waals surface area contributed by atoms with Gasteiger partial charge in [-0.3, -0.25) is 0 Å². The summed E-state index contributed by atoms with van der Waals surface area (Å²) >= 11 is 0. The van der Waals surface area contributed by atoms with E-state index in [2.05, 4.69) is 4.72 Å². The van der Waals surface area contributed by atoms with Crippen LogP contribution in [0.4, 0.5) is 0 Å². The third-order valence-corrected chi connectivity index (χ3v) is 5.25. The predicted octanol–water partition coefficient (Wildman–Crippen LogP) is 2.59. The maximum absolute atomic E-state index is 12.3. The van der Waals surface area contributed by atoms with Crippen molar-refractivity contribution in [2.24, 2.45) is 0 Å². The fourth-order valence-corrected chi connectivity index (χ4v) is 3.94. The number of para-hydroxylation sites is 1. The van der Waals surface area contributed by atoms with Crippen molar-refractivity contribution in [3.05, 3.63) is 65.2 Å². The lowest BCUT2D eigenvalue weighted by Crippen LogP contribution is -2.30. The monoisotopic (exact) mass is 317 g/mol. The lowest BCUT2D eigenvalue weighted by molar-refractivity contribution is 0.330. The molecule has 0 radical (unpaired) electrons. The molecule has 22 heavy (non-hydrogen) atoms. The topological polar surface area (TPSA) is 55.4 Å². The summed E-state index contributed by atoms with van der Waals surface area (Å²) in [5.41, 5.74) is 2.89. The van der Waals surface area contributed by atoms with E-state index in [-0.39, 0.29) is 11.7 Å². The number of benzene rings is 2. The first kappa shape index (κ1) is 15.1. The molecule has 0 saturated carbocycles. The zero-order chi connectivity index (χ0) is 15.6. The van der Waals surface area contributed by atoms with E-state index in [1.807, 2.05) is 55.5 Å². The summed E-state index contributed by atoms with van der Waals surface area (Å²) in [6, 6.07) is 15.3. The molecule has 116 valence electrons. The second kappa shape index (κ2) is 6.10. The number of sulfonamides is 1. The van der Waals surface area contributed by atoms with E-state index in [0.717, 1.165) is 22.4 Å². The highest BCUT2D eigenvalue weighted by Crippen LogP contribution is 2.32. The summed E-state index contributed by atoms with van der Waals surface area (Å²) < 4.78 is 32.8. The second-order valence-electron chi connectivity index (χ2n) is 5.58. The standard InChI is InChI=1S/C17H19NO3S/c1-13-6-2-3-7-14(13)12-22(19,20)18-10-15-11-21-17-9-5-4-8-16(15)17/h2-9,15,18H,10-12H2,1H3. The van der Waals surface area contributed by atoms with Crippen LogP contribution in [0.3, 0.4) is 0 Å². The number of hydrogen-bond donors (Lipinski definition) is 1. The fraction of sp³-hybridized carbons (Fsp3) is 0.294. The zero-order valence-electron chi connectivity index (χ0n) is 12.5. The van der Waals surface area contributed by atoms with Gasteiger partial charge in [0.25, 0.3) is 0 Å². The fourth-order valence-electron chi connectivity index (χ4n) is 2.65. The Morgan fingerprint density at radius 3 is 2.68 bits per heavy atom. The van der Waals surface area contributed by atoms with Gasteiger partial charge in [0, 0.05) is 18.0 Å². The minimum atomic E-state index is -3.35. The minimum Gasteiger partial charge on any atom is -0.493 e. The Balaban J connectivity index is 1.65. The first-order valence-corrected chi connectivity index (χ1v) is 8.94. The van der Waals surface area contributed by atoms with Gasteiger partial charge in [-0.1, -0.05) is 42.5 Å². The van der Waals surface area contributed by atoms with Gasteiger partial charge in [-0.2, -0.15) is 0 Å². The molecule has 4 nitrogen and oxygen atoms in total. The lowest BCUT2D eigenvalue weighted by Gasteiger charge is -2.12. The third kappa shape index (κ3) is 3.31. The van der Waals surface area contributed by atoms with Gasteiger partial charge in [-0.15, -0.1) is 0 Å². The molecule has 1 unspecified atom stereocenters. The molecular formula is C17H19NO3S. The lowest BCUT2D eigenvalue weighted by atomic mass is 10.0. The molecule has 5 heteroatoms. The largest absolute Gasteiger partial charge is 0.493 e. The molecular weight excluding hydrogens is 298 g/mol. The summed E-state index contributed by atoms with van der Waals surface area (Å²) in [6.07, 6.45) is 0. The zero-order valence-corrected chi connectivity index (χ0v) is 13.3. The van der Waals surface area contributed by atoms with Gasteiger partial charge in [0.05, 0.1) is 12.4 Å². The first-order chi connectivity index (χ1) is 10.6. The smallest absolute Gasteiger partial charge is 0.215 e. The van der Waals surface area contributed by atoms with Crippen molar-refractivity contribution >= 4 is 10.0 Å². The van der Waals surface area contributed by atoms with Crippen molar-refractivity contribution in [3.8, 4) is 5.75 Å². The maximum atomic E-state index is 12.3. The van der Waals surface area contributed by atoms with E-state index >= 15 is 0 Å². The normalized spacial score (nSPS) is 17.0. The molecule has 0 saturated heterocycles. The summed E-state index contributed by atoms with van der Waals surface area (Å²) in [5.74, 6) is 0.933. The van der Waals surface area contributed by atoms with Gasteiger partial charge < -0.3 is 4.74 Å². The molecule has 0 aliphatic carbocycles. The highest BCUT2D eigenvalue weighted by atomic mass is 32.2. The van der Waals surface area contributed by atoms with Gasteiger partial charge >= 0.3 is 0 Å². The van der Waals surface area contributed by atoms with E-state index in [0.29, 0.717) is 13.2 Å². The molecule has 0 bridgehead atoms. The van der Waals surface area contributed by atoms with Crippen LogP contribution in [0.5, 0.6) is 5.75 Å². The summed E-state index contributed by atoms with van der Waals surface area (Å²) in [6.45, 7) is 2.81. The number of hydrogen-bond acceptors (Lipinski definition) is 3. The Morgan fingerprint density at radius 1 is 1.14 bits per heavy atom. The molecule has 1 heterocycles. The number of fused-ring (bicyclic) bond motifs is 1. The summed E-state index contributed by atoms with van der Waals surface area (Å²) in [5, 5.41) is 0. The van der Waals surface area contributed by atoms with Crippen LogP contribution in [0.2, 0.25) is 0 Å². The Morgan fingerprint density at radius 2 is 1.86 bits per heavy atom. The van der Waals surface area contributed by atoms with Gasteiger partial charge in [-0.25, -0.2) is 13.1 Å². The quantitative estimate of drug-likeness (QED) is 0.922. The van der Waals surface area contributed by atoms with Gasteiger partial charge in [0.1, 0.15) is 5.75 Å². The van der Waals surface area contributed by atoms with Crippen LogP contribution in [-0.2, 0) is 15.8 Å². The highest BCUT2D eigenvalue weighted by molar-refractivity contribution is 7.88. The average Bonchev–Trinajstić information content (AvgIpc) is 2.91. The molecule has 0 fully saturated rings. The molecule has 2 aromatic carbocycles. The predicted molar refractivity (Wildman–Crippen MR) is 86.5 cm³/mol. The van der Waals surface area contributed by atoms with Crippen molar-refractivity contribution in [2.75, 3.05) is 13.2 Å². The van der Waals surface area contributed by atoms with Crippen molar-refractivity contribution in [2.45, 2.75) is 18.6 Å². The SMILES string of the molecule is Cc1ccccc1CS(=O)(=O)NCC1COc2ccccc21. The van der Waals surface area contributed by atoms with Crippen molar-refractivity contribution < 1.29 is 13.2 Å². The number of nitrogens with one attached hydrogen (secondary N) is 1. The number of aryl methyl sites for hydroxylation is 1. The minimum absolute atomic E-state index is 0.00883. The van der Waals surface area contributed by atoms with E-state index < -0.39 is 10.0 Å². The van der Waals surface area contributed by atoms with Gasteiger partial charge in [-0.05, 0) is 24.1 Å². The molecule has 0 amide bonds. The molecule has 3 rings (SSSR count). The highest BCUT2D eigenvalue weighted by Gasteiger charge is 2.25. The van der Waals surface area contributed by atoms with Crippen molar-refractivity contribution in [1.82, 2.24) is 4.72 Å². The van der Waals surface area contributed by atoms with Crippen LogP contribution in [0.1, 0.15) is 22.6 Å². The Kier molecular flexibility index (Phi) is 4.18. The summed E-state index contributed by atoms with van der Waals surface area (Å²) in [7, 11) is -3.35. The first-order valence-electron chi connectivity index (χ1n) is 7.29. The van der Waals surface area contributed by atoms with E-state index in [9.17, 15) is 8.42 Å². The van der Waals surface area contributed by atoms with Crippen molar-refractivity contribution in [1.29, 1.82) is 0 Å². The maximum Gasteiger partial charge on any atom is 0.215 e. The number of ether oxygens (including phenoxy) is 1. The van der Waals surface area contributed by atoms with Crippen LogP contribution >= 0.6 is 0 Å². The Hall–Kier alpha value is -1.85. The molecule has 1 aliphatic rings. The molecule has 1 aliphatic heterocycles. The van der Waals surface area contributed by atoms with Crippen LogP contribution < -0.4 is 9.46 Å².